The van der Waals surface area contributed by atoms with Crippen LogP contribution in [0, 0.1) is 11.8 Å². The molecule has 2 saturated carbocycles. The molecule has 0 heterocycles. The lowest BCUT2D eigenvalue weighted by Gasteiger charge is -2.15. The number of hydrogen-bond acceptors (Lipinski definition) is 6. The van der Waals surface area contributed by atoms with E-state index in [9.17, 15) is 19.8 Å². The molecule has 4 rings (SSSR count). The van der Waals surface area contributed by atoms with Crippen LogP contribution in [0.1, 0.15) is 61.5 Å². The maximum Gasteiger partial charge on any atom is 0.306 e. The molecule has 172 valence electrons. The van der Waals surface area contributed by atoms with Gasteiger partial charge in [-0.05, 0) is 84.7 Å². The van der Waals surface area contributed by atoms with Crippen LogP contribution in [0.3, 0.4) is 0 Å². The van der Waals surface area contributed by atoms with Crippen LogP contribution in [0.15, 0.2) is 48.5 Å². The van der Waals surface area contributed by atoms with Gasteiger partial charge in [-0.25, -0.2) is 0 Å². The summed E-state index contributed by atoms with van der Waals surface area (Å²) < 4.78 is 9.43. The number of phenols is 2. The zero-order chi connectivity index (χ0) is 23.1. The van der Waals surface area contributed by atoms with Gasteiger partial charge in [0.05, 0.1) is 27.1 Å². The molecule has 0 unspecified atom stereocenters. The number of ether oxygens (including phenoxy) is 2. The van der Waals surface area contributed by atoms with Crippen LogP contribution < -0.4 is 0 Å². The van der Waals surface area contributed by atoms with Gasteiger partial charge in [0, 0.05) is 0 Å². The summed E-state index contributed by atoms with van der Waals surface area (Å²) in [6.45, 7) is 0. The number of methoxy groups -OCH3 is 2. The largest absolute Gasteiger partial charge is 0.508 e. The topological polar surface area (TPSA) is 93.1 Å². The first-order chi connectivity index (χ1) is 15.4. The zero-order valence-electron chi connectivity index (χ0n) is 18.7. The van der Waals surface area contributed by atoms with Gasteiger partial charge in [-0.2, -0.15) is 0 Å². The minimum absolute atomic E-state index is 0.162. The van der Waals surface area contributed by atoms with Crippen LogP contribution in [-0.4, -0.2) is 36.4 Å². The highest BCUT2D eigenvalue weighted by Crippen LogP contribution is 2.45. The average molecular weight is 441 g/mol. The Morgan fingerprint density at radius 2 is 1.03 bits per heavy atom. The Hall–Kier alpha value is -3.02. The maximum atomic E-state index is 11.3. The minimum Gasteiger partial charge on any atom is -0.508 e. The molecule has 2 aliphatic carbocycles. The number of esters is 2. The van der Waals surface area contributed by atoms with Crippen molar-refractivity contribution in [3.8, 4) is 11.5 Å². The summed E-state index contributed by atoms with van der Waals surface area (Å²) in [5, 5.41) is 18.5. The van der Waals surface area contributed by atoms with Crippen LogP contribution >= 0.6 is 0 Å². The number of phenolic OH excluding ortho intramolecular Hbond substituents is 2. The van der Waals surface area contributed by atoms with Crippen LogP contribution in [-0.2, 0) is 19.1 Å². The molecule has 0 aromatic heterocycles. The summed E-state index contributed by atoms with van der Waals surface area (Å²) in [7, 11) is 2.84. The van der Waals surface area contributed by atoms with Gasteiger partial charge < -0.3 is 19.7 Å². The Bertz CT molecular complexity index is 806. The van der Waals surface area contributed by atoms with E-state index in [0.717, 1.165) is 11.1 Å². The summed E-state index contributed by atoms with van der Waals surface area (Å²) >= 11 is 0. The van der Waals surface area contributed by atoms with Gasteiger partial charge in [-0.3, -0.25) is 9.59 Å². The summed E-state index contributed by atoms with van der Waals surface area (Å²) in [5.74, 6) is 1.89. The third-order valence-corrected chi connectivity index (χ3v) is 6.25. The molecule has 2 atom stereocenters. The molecule has 0 bridgehead atoms. The van der Waals surface area contributed by atoms with Crippen LogP contribution in [0.2, 0.25) is 0 Å². The lowest BCUT2D eigenvalue weighted by atomic mass is 9.91. The smallest absolute Gasteiger partial charge is 0.306 e. The Morgan fingerprint density at radius 1 is 0.719 bits per heavy atom. The highest BCUT2D eigenvalue weighted by molar-refractivity contribution is 5.71. The first kappa shape index (κ1) is 23.6. The molecule has 6 nitrogen and oxygen atoms in total. The van der Waals surface area contributed by atoms with Gasteiger partial charge in [0.1, 0.15) is 11.5 Å². The van der Waals surface area contributed by atoms with Crippen molar-refractivity contribution in [3.63, 3.8) is 0 Å². The number of carbonyl (C=O) groups is 2. The standard InChI is InChI=1S/2C13H16O3/c2*1-16-13(15)8-12(9-2-3-9)10-4-6-11(14)7-5-10/h2*4-7,9,12,14H,2-3,8H2,1H3/t2*12-/m10/s1. The Balaban J connectivity index is 0.000000181. The number of rotatable bonds is 8. The molecule has 0 saturated heterocycles. The number of aromatic hydroxyl groups is 2. The molecule has 0 spiro atoms. The van der Waals surface area contributed by atoms with E-state index in [1.807, 2.05) is 24.3 Å². The molecule has 2 aliphatic rings. The van der Waals surface area contributed by atoms with Crippen LogP contribution in [0.25, 0.3) is 0 Å². The fourth-order valence-corrected chi connectivity index (χ4v) is 4.08. The van der Waals surface area contributed by atoms with Gasteiger partial charge in [-0.1, -0.05) is 24.3 Å². The van der Waals surface area contributed by atoms with Crippen LogP contribution in [0.5, 0.6) is 11.5 Å². The van der Waals surface area contributed by atoms with Crippen molar-refractivity contribution in [2.75, 3.05) is 14.2 Å². The summed E-state index contributed by atoms with van der Waals surface area (Å²) in [5.41, 5.74) is 2.23. The second-order valence-corrected chi connectivity index (χ2v) is 8.63. The van der Waals surface area contributed by atoms with Crippen molar-refractivity contribution >= 4 is 11.9 Å². The van der Waals surface area contributed by atoms with E-state index in [-0.39, 0.29) is 35.3 Å². The second kappa shape index (κ2) is 11.0. The van der Waals surface area contributed by atoms with Gasteiger partial charge in [-0.15, -0.1) is 0 Å². The molecule has 2 aromatic carbocycles. The van der Waals surface area contributed by atoms with Crippen molar-refractivity contribution < 1.29 is 29.3 Å². The predicted molar refractivity (Wildman–Crippen MR) is 120 cm³/mol. The van der Waals surface area contributed by atoms with E-state index >= 15 is 0 Å². The minimum atomic E-state index is -0.162. The molecular formula is C26H32O6. The Morgan fingerprint density at radius 3 is 1.28 bits per heavy atom. The molecule has 0 aliphatic heterocycles. The van der Waals surface area contributed by atoms with E-state index in [0.29, 0.717) is 24.7 Å². The van der Waals surface area contributed by atoms with Gasteiger partial charge in [0.15, 0.2) is 0 Å². The van der Waals surface area contributed by atoms with Crippen molar-refractivity contribution in [2.45, 2.75) is 50.4 Å². The Kier molecular flexibility index (Phi) is 8.14. The normalized spacial score (nSPS) is 16.8. The molecule has 2 N–H and O–H groups in total. The number of carbonyl (C=O) groups excluding carboxylic acids is 2. The monoisotopic (exact) mass is 440 g/mol. The molecule has 0 amide bonds. The lowest BCUT2D eigenvalue weighted by molar-refractivity contribution is -0.142. The first-order valence-electron chi connectivity index (χ1n) is 11.1. The fourth-order valence-electron chi connectivity index (χ4n) is 4.08. The first-order valence-corrected chi connectivity index (χ1v) is 11.1. The van der Waals surface area contributed by atoms with Gasteiger partial charge in [0.2, 0.25) is 0 Å². The number of hydrogen-bond donors (Lipinski definition) is 2. The summed E-state index contributed by atoms with van der Waals surface area (Å²) in [6, 6.07) is 14.2. The molecular weight excluding hydrogens is 408 g/mol. The summed E-state index contributed by atoms with van der Waals surface area (Å²) in [4.78, 5) is 22.6. The summed E-state index contributed by atoms with van der Waals surface area (Å²) in [6.07, 6.45) is 5.61. The second-order valence-electron chi connectivity index (χ2n) is 8.63. The molecule has 32 heavy (non-hydrogen) atoms. The highest BCUT2D eigenvalue weighted by Gasteiger charge is 2.34. The van der Waals surface area contributed by atoms with Gasteiger partial charge in [0.25, 0.3) is 0 Å². The molecule has 6 heteroatoms. The van der Waals surface area contributed by atoms with Crippen molar-refractivity contribution in [2.24, 2.45) is 11.8 Å². The SMILES string of the molecule is COC(=O)C[C@@H](c1ccc(O)cc1)C1CC1.COC(=O)C[C@H](c1ccc(O)cc1)C1CC1. The maximum absolute atomic E-state index is 11.3. The predicted octanol–water partition coefficient (Wildman–Crippen LogP) is 4.90. The quantitative estimate of drug-likeness (QED) is 0.567. The van der Waals surface area contributed by atoms with Gasteiger partial charge >= 0.3 is 11.9 Å². The van der Waals surface area contributed by atoms with Crippen molar-refractivity contribution in [1.29, 1.82) is 0 Å². The average Bonchev–Trinajstić information content (AvgIpc) is 3.71. The lowest BCUT2D eigenvalue weighted by Crippen LogP contribution is -2.10. The fraction of sp³-hybridized carbons (Fsp3) is 0.462. The van der Waals surface area contributed by atoms with E-state index in [1.54, 1.807) is 24.3 Å². The highest BCUT2D eigenvalue weighted by atomic mass is 16.5. The van der Waals surface area contributed by atoms with E-state index in [1.165, 1.54) is 39.9 Å². The van der Waals surface area contributed by atoms with E-state index in [2.05, 4.69) is 0 Å². The number of benzene rings is 2. The molecule has 0 radical (unpaired) electrons. The van der Waals surface area contributed by atoms with Crippen molar-refractivity contribution in [3.05, 3.63) is 59.7 Å². The van der Waals surface area contributed by atoms with E-state index < -0.39 is 0 Å². The van der Waals surface area contributed by atoms with Crippen molar-refractivity contribution in [1.82, 2.24) is 0 Å². The molecule has 2 aromatic rings. The van der Waals surface area contributed by atoms with Crippen LogP contribution in [0.4, 0.5) is 0 Å². The Labute approximate surface area is 189 Å². The third-order valence-electron chi connectivity index (χ3n) is 6.25. The third kappa shape index (κ3) is 7.01. The zero-order valence-corrected chi connectivity index (χ0v) is 18.7. The molecule has 2 fully saturated rings. The van der Waals surface area contributed by atoms with E-state index in [4.69, 9.17) is 9.47 Å².